The van der Waals surface area contributed by atoms with Crippen molar-refractivity contribution in [3.63, 3.8) is 0 Å². The third kappa shape index (κ3) is 6.21. The van der Waals surface area contributed by atoms with E-state index < -0.39 is 24.2 Å². The van der Waals surface area contributed by atoms with Crippen LogP contribution in [0.3, 0.4) is 0 Å². The van der Waals surface area contributed by atoms with Crippen LogP contribution in [0.4, 0.5) is 18.9 Å². The summed E-state index contributed by atoms with van der Waals surface area (Å²) in [6.45, 7) is 7.91. The molecule has 2 unspecified atom stereocenters. The number of hydrogen-bond acceptors (Lipinski definition) is 4. The lowest BCUT2D eigenvalue weighted by Gasteiger charge is -2.33. The van der Waals surface area contributed by atoms with E-state index in [2.05, 4.69) is 23.5 Å². The maximum atomic E-state index is 12.8. The van der Waals surface area contributed by atoms with Crippen LogP contribution < -0.4 is 4.90 Å². The van der Waals surface area contributed by atoms with Gasteiger partial charge in [-0.05, 0) is 62.1 Å². The van der Waals surface area contributed by atoms with Crippen molar-refractivity contribution in [2.45, 2.75) is 58.2 Å². The molecule has 2 heterocycles. The first-order chi connectivity index (χ1) is 14.6. The number of ether oxygens (including phenoxy) is 1. The standard InChI is InChI=1S/C23H31F3N2O3/c1-16(2)14-17-9-12-27(15-17)13-10-18-6-3-4-7-19(18)28-11-5-8-20(21(28)29)31-22(30)23(24,25)26/h3-4,6-7,16-17,20H,5,8-15H2,1-2H3. The molecule has 31 heavy (non-hydrogen) atoms. The number of likely N-dealkylation sites (tertiary alicyclic amines) is 1. The number of rotatable bonds is 7. The molecule has 0 aromatic heterocycles. The zero-order valence-electron chi connectivity index (χ0n) is 18.2. The first-order valence-electron chi connectivity index (χ1n) is 11.0. The normalized spacial score (nSPS) is 22.9. The molecular formula is C23H31F3N2O3. The van der Waals surface area contributed by atoms with Crippen molar-refractivity contribution in [2.75, 3.05) is 31.1 Å². The Labute approximate surface area is 181 Å². The van der Waals surface area contributed by atoms with E-state index in [1.807, 2.05) is 24.3 Å². The monoisotopic (exact) mass is 440 g/mol. The van der Waals surface area contributed by atoms with Crippen LogP contribution in [-0.2, 0) is 20.7 Å². The van der Waals surface area contributed by atoms with Gasteiger partial charge in [0.25, 0.3) is 5.91 Å². The fraction of sp³-hybridized carbons (Fsp3) is 0.652. The van der Waals surface area contributed by atoms with Gasteiger partial charge in [-0.2, -0.15) is 13.2 Å². The zero-order valence-corrected chi connectivity index (χ0v) is 18.2. The SMILES string of the molecule is CC(C)CC1CCN(CCc2ccccc2N2CCCC(OC(=O)C(F)(F)F)C2=O)C1. The van der Waals surface area contributed by atoms with Gasteiger partial charge in [-0.3, -0.25) is 4.79 Å². The van der Waals surface area contributed by atoms with Crippen molar-refractivity contribution in [1.82, 2.24) is 4.90 Å². The summed E-state index contributed by atoms with van der Waals surface area (Å²) in [4.78, 5) is 27.9. The van der Waals surface area contributed by atoms with Gasteiger partial charge in [-0.15, -0.1) is 0 Å². The summed E-state index contributed by atoms with van der Waals surface area (Å²) in [5.41, 5.74) is 1.67. The predicted molar refractivity (Wildman–Crippen MR) is 112 cm³/mol. The number of benzene rings is 1. The number of amides is 1. The lowest BCUT2D eigenvalue weighted by molar-refractivity contribution is -0.205. The van der Waals surface area contributed by atoms with E-state index in [1.54, 1.807) is 0 Å². The summed E-state index contributed by atoms with van der Waals surface area (Å²) in [6, 6.07) is 7.48. The van der Waals surface area contributed by atoms with E-state index in [1.165, 1.54) is 17.7 Å². The first-order valence-corrected chi connectivity index (χ1v) is 11.0. The van der Waals surface area contributed by atoms with Crippen LogP contribution in [0.5, 0.6) is 0 Å². The molecule has 0 radical (unpaired) electrons. The molecule has 2 fully saturated rings. The number of carbonyl (C=O) groups excluding carboxylic acids is 2. The third-order valence-electron chi connectivity index (χ3n) is 6.02. The average Bonchev–Trinajstić information content (AvgIpc) is 3.14. The van der Waals surface area contributed by atoms with Crippen molar-refractivity contribution in [3.05, 3.63) is 29.8 Å². The molecule has 8 heteroatoms. The second kappa shape index (κ2) is 10.0. The smallest absolute Gasteiger partial charge is 0.446 e. The molecule has 0 aliphatic carbocycles. The number of nitrogens with zero attached hydrogens (tertiary/aromatic N) is 2. The second-order valence-corrected chi connectivity index (χ2v) is 8.99. The van der Waals surface area contributed by atoms with Crippen LogP contribution >= 0.6 is 0 Å². The maximum absolute atomic E-state index is 12.8. The Morgan fingerprint density at radius 3 is 2.65 bits per heavy atom. The number of alkyl halides is 3. The molecule has 2 saturated heterocycles. The van der Waals surface area contributed by atoms with Crippen molar-refractivity contribution >= 4 is 17.6 Å². The van der Waals surface area contributed by atoms with Crippen LogP contribution in [0.2, 0.25) is 0 Å². The van der Waals surface area contributed by atoms with Crippen LogP contribution in [0.1, 0.15) is 45.1 Å². The summed E-state index contributed by atoms with van der Waals surface area (Å²) in [5, 5.41) is 0. The summed E-state index contributed by atoms with van der Waals surface area (Å²) in [5.74, 6) is -1.49. The van der Waals surface area contributed by atoms with Gasteiger partial charge in [0.1, 0.15) is 0 Å². The molecule has 1 aromatic carbocycles. The first kappa shape index (κ1) is 23.6. The molecule has 172 valence electrons. The molecule has 0 N–H and O–H groups in total. The van der Waals surface area contributed by atoms with Gasteiger partial charge in [0.05, 0.1) is 0 Å². The lowest BCUT2D eigenvalue weighted by Crippen LogP contribution is -2.48. The minimum Gasteiger partial charge on any atom is -0.446 e. The molecule has 1 amide bonds. The molecule has 0 saturated carbocycles. The molecule has 1 aromatic rings. The second-order valence-electron chi connectivity index (χ2n) is 8.99. The maximum Gasteiger partial charge on any atom is 0.490 e. The molecule has 0 spiro atoms. The Morgan fingerprint density at radius 1 is 1.19 bits per heavy atom. The average molecular weight is 441 g/mol. The van der Waals surface area contributed by atoms with Gasteiger partial charge in [0, 0.05) is 25.3 Å². The summed E-state index contributed by atoms with van der Waals surface area (Å²) >= 11 is 0. The van der Waals surface area contributed by atoms with Crippen LogP contribution in [0.15, 0.2) is 24.3 Å². The molecule has 0 bridgehead atoms. The Morgan fingerprint density at radius 2 is 1.94 bits per heavy atom. The minimum atomic E-state index is -5.11. The highest BCUT2D eigenvalue weighted by Gasteiger charge is 2.44. The summed E-state index contributed by atoms with van der Waals surface area (Å²) in [7, 11) is 0. The van der Waals surface area contributed by atoms with E-state index in [9.17, 15) is 22.8 Å². The van der Waals surface area contributed by atoms with Crippen molar-refractivity contribution in [2.24, 2.45) is 11.8 Å². The Kier molecular flexibility index (Phi) is 7.62. The third-order valence-corrected chi connectivity index (χ3v) is 6.02. The van der Waals surface area contributed by atoms with Crippen LogP contribution in [0.25, 0.3) is 0 Å². The molecule has 2 atom stereocenters. The van der Waals surface area contributed by atoms with Crippen molar-refractivity contribution in [1.29, 1.82) is 0 Å². The van der Waals surface area contributed by atoms with E-state index in [-0.39, 0.29) is 6.42 Å². The zero-order chi connectivity index (χ0) is 22.6. The van der Waals surface area contributed by atoms with Gasteiger partial charge >= 0.3 is 12.1 Å². The number of para-hydroxylation sites is 1. The largest absolute Gasteiger partial charge is 0.490 e. The summed E-state index contributed by atoms with van der Waals surface area (Å²) < 4.78 is 42.2. The molecule has 3 rings (SSSR count). The Hall–Kier alpha value is -2.09. The molecule has 5 nitrogen and oxygen atoms in total. The quantitative estimate of drug-likeness (QED) is 0.597. The number of carbonyl (C=O) groups is 2. The molecule has 2 aliphatic rings. The van der Waals surface area contributed by atoms with E-state index >= 15 is 0 Å². The number of halogens is 3. The van der Waals surface area contributed by atoms with Gasteiger partial charge < -0.3 is 14.5 Å². The van der Waals surface area contributed by atoms with E-state index in [4.69, 9.17) is 0 Å². The van der Waals surface area contributed by atoms with E-state index in [0.29, 0.717) is 24.6 Å². The van der Waals surface area contributed by atoms with Gasteiger partial charge in [0.2, 0.25) is 0 Å². The highest BCUT2D eigenvalue weighted by molar-refractivity contribution is 5.99. The van der Waals surface area contributed by atoms with E-state index in [0.717, 1.165) is 37.5 Å². The fourth-order valence-electron chi connectivity index (χ4n) is 4.63. The highest BCUT2D eigenvalue weighted by atomic mass is 19.4. The number of esters is 1. The highest BCUT2D eigenvalue weighted by Crippen LogP contribution is 2.29. The van der Waals surface area contributed by atoms with Crippen LogP contribution in [0, 0.1) is 11.8 Å². The fourth-order valence-corrected chi connectivity index (χ4v) is 4.63. The van der Waals surface area contributed by atoms with Crippen molar-refractivity contribution < 1.29 is 27.5 Å². The number of hydrogen-bond donors (Lipinski definition) is 0. The Bertz CT molecular complexity index is 782. The molecule has 2 aliphatic heterocycles. The topological polar surface area (TPSA) is 49.9 Å². The van der Waals surface area contributed by atoms with Gasteiger partial charge in [-0.1, -0.05) is 32.0 Å². The number of anilines is 1. The van der Waals surface area contributed by atoms with Crippen LogP contribution in [-0.4, -0.2) is 55.2 Å². The summed E-state index contributed by atoms with van der Waals surface area (Å²) in [6.07, 6.45) is -2.75. The van der Waals surface area contributed by atoms with Gasteiger partial charge in [0.15, 0.2) is 6.10 Å². The predicted octanol–water partition coefficient (Wildman–Crippen LogP) is 4.20. The number of piperidine rings is 1. The Balaban J connectivity index is 1.64. The minimum absolute atomic E-state index is 0.102. The lowest BCUT2D eigenvalue weighted by atomic mass is 9.97. The van der Waals surface area contributed by atoms with Gasteiger partial charge in [-0.25, -0.2) is 4.79 Å². The van der Waals surface area contributed by atoms with Crippen molar-refractivity contribution in [3.8, 4) is 0 Å². The molecular weight excluding hydrogens is 409 g/mol.